The summed E-state index contributed by atoms with van der Waals surface area (Å²) in [6, 6.07) is 3.17. The highest BCUT2D eigenvalue weighted by Gasteiger charge is 2.44. The van der Waals surface area contributed by atoms with Crippen molar-refractivity contribution in [3.8, 4) is 16.9 Å². The standard InChI is InChI=1S/C21H18F8O/c1-11-2-5-13(6-3-11)21(28,29)30-17-9-7-14(18(23)19(17)24)12-4-8-15(16(22)10-12)20(25,26)27/h4,7-11,13H,2-3,5-6H2,1H3. The average molecular weight is 438 g/mol. The number of benzene rings is 2. The van der Waals surface area contributed by atoms with Gasteiger partial charge in [-0.1, -0.05) is 25.8 Å². The lowest BCUT2D eigenvalue weighted by molar-refractivity contribution is -0.224. The Labute approximate surface area is 167 Å². The molecule has 9 heteroatoms. The molecule has 0 N–H and O–H groups in total. The zero-order chi connectivity index (χ0) is 22.3. The third kappa shape index (κ3) is 4.54. The second-order valence-electron chi connectivity index (χ2n) is 7.55. The van der Waals surface area contributed by atoms with E-state index in [1.807, 2.05) is 6.92 Å². The van der Waals surface area contributed by atoms with Gasteiger partial charge in [-0.05, 0) is 48.6 Å². The molecule has 164 valence electrons. The molecule has 2 aromatic carbocycles. The highest BCUT2D eigenvalue weighted by Crippen LogP contribution is 2.41. The Balaban J connectivity index is 1.86. The fourth-order valence-electron chi connectivity index (χ4n) is 3.57. The zero-order valence-electron chi connectivity index (χ0n) is 15.8. The van der Waals surface area contributed by atoms with Crippen LogP contribution >= 0.6 is 0 Å². The number of ether oxygens (including phenoxy) is 1. The van der Waals surface area contributed by atoms with Crippen LogP contribution in [-0.4, -0.2) is 6.11 Å². The van der Waals surface area contributed by atoms with Gasteiger partial charge in [-0.2, -0.15) is 26.3 Å². The Morgan fingerprint density at radius 2 is 1.47 bits per heavy atom. The van der Waals surface area contributed by atoms with Crippen LogP contribution in [0.4, 0.5) is 35.1 Å². The van der Waals surface area contributed by atoms with E-state index >= 15 is 0 Å². The number of alkyl halides is 5. The van der Waals surface area contributed by atoms with Crippen LogP contribution < -0.4 is 4.74 Å². The fraction of sp³-hybridized carbons (Fsp3) is 0.429. The molecule has 0 bridgehead atoms. The Kier molecular flexibility index (Phi) is 6.02. The van der Waals surface area contributed by atoms with Crippen molar-refractivity contribution in [2.45, 2.75) is 44.9 Å². The van der Waals surface area contributed by atoms with Gasteiger partial charge in [0.2, 0.25) is 5.82 Å². The zero-order valence-corrected chi connectivity index (χ0v) is 15.8. The number of halogens is 8. The number of hydrogen-bond donors (Lipinski definition) is 0. The van der Waals surface area contributed by atoms with E-state index in [2.05, 4.69) is 4.74 Å². The molecule has 1 nitrogen and oxygen atoms in total. The van der Waals surface area contributed by atoms with Gasteiger partial charge in [-0.25, -0.2) is 8.78 Å². The lowest BCUT2D eigenvalue weighted by Gasteiger charge is -2.32. The van der Waals surface area contributed by atoms with E-state index in [1.54, 1.807) is 0 Å². The fourth-order valence-corrected chi connectivity index (χ4v) is 3.57. The van der Waals surface area contributed by atoms with Crippen molar-refractivity contribution >= 4 is 0 Å². The van der Waals surface area contributed by atoms with Crippen molar-refractivity contribution in [1.82, 2.24) is 0 Å². The van der Waals surface area contributed by atoms with Crippen molar-refractivity contribution in [2.75, 3.05) is 0 Å². The van der Waals surface area contributed by atoms with Gasteiger partial charge in [0.15, 0.2) is 11.6 Å². The van der Waals surface area contributed by atoms with Gasteiger partial charge in [0.1, 0.15) is 5.82 Å². The first-order valence-corrected chi connectivity index (χ1v) is 9.32. The number of rotatable bonds is 4. The van der Waals surface area contributed by atoms with Gasteiger partial charge in [-0.3, -0.25) is 0 Å². The summed E-state index contributed by atoms with van der Waals surface area (Å²) in [5.41, 5.74) is -2.52. The molecular weight excluding hydrogens is 420 g/mol. The van der Waals surface area contributed by atoms with Crippen molar-refractivity contribution in [2.24, 2.45) is 11.8 Å². The molecule has 0 heterocycles. The average Bonchev–Trinajstić information content (AvgIpc) is 2.65. The molecule has 1 aliphatic rings. The Bertz CT molecular complexity index is 914. The van der Waals surface area contributed by atoms with Gasteiger partial charge in [0, 0.05) is 5.56 Å². The highest BCUT2D eigenvalue weighted by molar-refractivity contribution is 5.66. The monoisotopic (exact) mass is 438 g/mol. The van der Waals surface area contributed by atoms with Crippen LogP contribution in [0.1, 0.15) is 38.2 Å². The topological polar surface area (TPSA) is 9.23 Å². The quantitative estimate of drug-likeness (QED) is 0.447. The van der Waals surface area contributed by atoms with Crippen molar-refractivity contribution in [1.29, 1.82) is 0 Å². The molecule has 3 rings (SSSR count). The molecule has 0 radical (unpaired) electrons. The van der Waals surface area contributed by atoms with E-state index in [-0.39, 0.29) is 18.4 Å². The molecule has 0 aromatic heterocycles. The van der Waals surface area contributed by atoms with Crippen molar-refractivity contribution in [3.05, 3.63) is 53.3 Å². The third-order valence-corrected chi connectivity index (χ3v) is 5.37. The molecule has 0 spiro atoms. The third-order valence-electron chi connectivity index (χ3n) is 5.37. The molecule has 0 atom stereocenters. The van der Waals surface area contributed by atoms with Crippen molar-refractivity contribution in [3.63, 3.8) is 0 Å². The number of hydrogen-bond acceptors (Lipinski definition) is 1. The van der Waals surface area contributed by atoms with Crippen LogP contribution in [0.3, 0.4) is 0 Å². The molecule has 1 fully saturated rings. The summed E-state index contributed by atoms with van der Waals surface area (Å²) in [5, 5.41) is 0. The van der Waals surface area contributed by atoms with E-state index in [4.69, 9.17) is 0 Å². The Morgan fingerprint density at radius 1 is 0.833 bits per heavy atom. The summed E-state index contributed by atoms with van der Waals surface area (Å²) in [5.74, 6) is -6.88. The maximum absolute atomic E-state index is 14.4. The Morgan fingerprint density at radius 3 is 2.03 bits per heavy atom. The van der Waals surface area contributed by atoms with E-state index in [9.17, 15) is 35.1 Å². The van der Waals surface area contributed by atoms with Crippen LogP contribution in [0, 0.1) is 29.3 Å². The minimum Gasteiger partial charge on any atom is -0.429 e. The maximum atomic E-state index is 14.4. The summed E-state index contributed by atoms with van der Waals surface area (Å²) in [6.45, 7) is 1.94. The van der Waals surface area contributed by atoms with Crippen molar-refractivity contribution < 1.29 is 39.9 Å². The molecule has 2 aromatic rings. The molecule has 0 saturated heterocycles. The Hall–Kier alpha value is -2.32. The lowest BCUT2D eigenvalue weighted by atomic mass is 9.82. The highest BCUT2D eigenvalue weighted by atomic mass is 19.4. The van der Waals surface area contributed by atoms with E-state index in [0.29, 0.717) is 30.9 Å². The second kappa shape index (κ2) is 8.07. The summed E-state index contributed by atoms with van der Waals surface area (Å²) in [7, 11) is 0. The predicted molar refractivity (Wildman–Crippen MR) is 93.5 cm³/mol. The first-order chi connectivity index (χ1) is 13.9. The van der Waals surface area contributed by atoms with E-state index in [0.717, 1.165) is 18.2 Å². The molecular formula is C21H18F8O. The summed E-state index contributed by atoms with van der Waals surface area (Å²) in [4.78, 5) is 0. The minimum atomic E-state index is -4.95. The smallest absolute Gasteiger partial charge is 0.419 e. The van der Waals surface area contributed by atoms with Crippen LogP contribution in [-0.2, 0) is 6.18 Å². The summed E-state index contributed by atoms with van der Waals surface area (Å²) in [6.07, 6.45) is -7.16. The van der Waals surface area contributed by atoms with Crippen LogP contribution in [0.5, 0.6) is 5.75 Å². The maximum Gasteiger partial charge on any atom is 0.419 e. The van der Waals surface area contributed by atoms with Gasteiger partial charge in [0.05, 0.1) is 11.5 Å². The van der Waals surface area contributed by atoms with Crippen LogP contribution in [0.2, 0.25) is 0 Å². The van der Waals surface area contributed by atoms with E-state index < -0.39 is 52.5 Å². The predicted octanol–water partition coefficient (Wildman–Crippen LogP) is 7.59. The molecule has 30 heavy (non-hydrogen) atoms. The van der Waals surface area contributed by atoms with Gasteiger partial charge >= 0.3 is 12.3 Å². The van der Waals surface area contributed by atoms with Crippen LogP contribution in [0.15, 0.2) is 30.3 Å². The minimum absolute atomic E-state index is 0.182. The molecule has 1 saturated carbocycles. The largest absolute Gasteiger partial charge is 0.429 e. The van der Waals surface area contributed by atoms with Crippen LogP contribution in [0.25, 0.3) is 11.1 Å². The summed E-state index contributed by atoms with van der Waals surface area (Å²) >= 11 is 0. The normalized spacial score (nSPS) is 20.3. The first-order valence-electron chi connectivity index (χ1n) is 9.32. The first kappa shape index (κ1) is 22.4. The van der Waals surface area contributed by atoms with Gasteiger partial charge < -0.3 is 4.74 Å². The molecule has 1 aliphatic carbocycles. The molecule has 0 unspecified atom stereocenters. The summed E-state index contributed by atoms with van der Waals surface area (Å²) < 4.78 is 114. The molecule has 0 aliphatic heterocycles. The van der Waals surface area contributed by atoms with E-state index in [1.165, 1.54) is 0 Å². The van der Waals surface area contributed by atoms with Gasteiger partial charge in [-0.15, -0.1) is 0 Å². The molecule has 0 amide bonds. The lowest BCUT2D eigenvalue weighted by Crippen LogP contribution is -2.37. The van der Waals surface area contributed by atoms with Gasteiger partial charge in [0.25, 0.3) is 0 Å². The second-order valence-corrected chi connectivity index (χ2v) is 7.55. The SMILES string of the molecule is CC1CCC(C(F)(F)Oc2ccc(-c3ccc(C(F)(F)F)c(F)c3)c(F)c2F)CC1.